The van der Waals surface area contributed by atoms with E-state index in [0.717, 1.165) is 48.4 Å². The fourth-order valence-corrected chi connectivity index (χ4v) is 4.95. The number of carbonyl (C=O) groups excluding carboxylic acids is 1. The summed E-state index contributed by atoms with van der Waals surface area (Å²) in [7, 11) is 5.22. The van der Waals surface area contributed by atoms with Gasteiger partial charge in [-0.15, -0.1) is 0 Å². The van der Waals surface area contributed by atoms with Gasteiger partial charge in [0.15, 0.2) is 5.82 Å². The smallest absolute Gasteiger partial charge is 0.339 e. The van der Waals surface area contributed by atoms with Crippen molar-refractivity contribution in [1.82, 2.24) is 19.9 Å². The summed E-state index contributed by atoms with van der Waals surface area (Å²) in [4.78, 5) is 27.3. The Morgan fingerprint density at radius 3 is 2.59 bits per heavy atom. The second-order valence-electron chi connectivity index (χ2n) is 9.41. The number of para-hydroxylation sites is 1. The monoisotopic (exact) mass is 500 g/mol. The van der Waals surface area contributed by atoms with Gasteiger partial charge in [-0.1, -0.05) is 12.1 Å². The maximum atomic E-state index is 12.3. The number of hydrogen-bond acceptors (Lipinski definition) is 8. The van der Waals surface area contributed by atoms with Crippen LogP contribution in [0, 0.1) is 6.92 Å². The van der Waals surface area contributed by atoms with E-state index in [9.17, 15) is 4.79 Å². The van der Waals surface area contributed by atoms with Crippen molar-refractivity contribution in [2.75, 3.05) is 45.0 Å². The van der Waals surface area contributed by atoms with Crippen molar-refractivity contribution in [2.45, 2.75) is 25.7 Å². The highest BCUT2D eigenvalue weighted by molar-refractivity contribution is 5.98. The van der Waals surface area contributed by atoms with Gasteiger partial charge in [-0.05, 0) is 87.3 Å². The molecule has 2 aromatic heterocycles. The highest BCUT2D eigenvalue weighted by atomic mass is 16.5. The number of benzene rings is 2. The summed E-state index contributed by atoms with van der Waals surface area (Å²) in [6.07, 6.45) is 4.09. The number of aryl methyl sites for hydroxylation is 1. The first-order valence-corrected chi connectivity index (χ1v) is 12.4. The molecule has 9 heteroatoms. The Balaban J connectivity index is 1.47. The Morgan fingerprint density at radius 1 is 1.05 bits per heavy atom. The van der Waals surface area contributed by atoms with E-state index >= 15 is 0 Å². The number of fused-ring (bicyclic) bond motifs is 1. The van der Waals surface area contributed by atoms with Crippen molar-refractivity contribution < 1.29 is 14.3 Å². The number of carbonyl (C=O) groups is 1. The van der Waals surface area contributed by atoms with E-state index in [0.29, 0.717) is 28.9 Å². The van der Waals surface area contributed by atoms with Gasteiger partial charge >= 0.3 is 5.97 Å². The van der Waals surface area contributed by atoms with Crippen LogP contribution in [0.4, 0.5) is 23.1 Å². The number of aromatic nitrogens is 3. The minimum Gasteiger partial charge on any atom is -0.495 e. The third-order valence-electron chi connectivity index (χ3n) is 6.98. The van der Waals surface area contributed by atoms with Gasteiger partial charge in [-0.3, -0.25) is 0 Å². The quantitative estimate of drug-likeness (QED) is 0.292. The molecule has 3 N–H and O–H groups in total. The molecule has 0 atom stereocenters. The number of esters is 1. The largest absolute Gasteiger partial charge is 0.495 e. The summed E-state index contributed by atoms with van der Waals surface area (Å²) in [6, 6.07) is 13.3. The van der Waals surface area contributed by atoms with Gasteiger partial charge in [0.05, 0.1) is 36.7 Å². The Morgan fingerprint density at radius 2 is 1.84 bits per heavy atom. The van der Waals surface area contributed by atoms with Gasteiger partial charge in [0.25, 0.3) is 0 Å². The normalized spacial score (nSPS) is 14.5. The zero-order chi connectivity index (χ0) is 25.9. The molecule has 37 heavy (non-hydrogen) atoms. The van der Waals surface area contributed by atoms with Crippen molar-refractivity contribution in [1.29, 1.82) is 0 Å². The number of nitrogens with zero attached hydrogens (tertiary/aromatic N) is 3. The molecule has 0 bridgehead atoms. The summed E-state index contributed by atoms with van der Waals surface area (Å²) in [5.41, 5.74) is 5.81. The lowest BCUT2D eigenvalue weighted by molar-refractivity contribution is 0.0602. The minimum atomic E-state index is -0.428. The molecular weight excluding hydrogens is 468 g/mol. The van der Waals surface area contributed by atoms with Crippen LogP contribution in [0.2, 0.25) is 0 Å². The molecule has 1 aliphatic heterocycles. The number of methoxy groups -OCH3 is 2. The van der Waals surface area contributed by atoms with E-state index in [2.05, 4.69) is 51.6 Å². The van der Waals surface area contributed by atoms with Gasteiger partial charge < -0.3 is 30.0 Å². The third kappa shape index (κ3) is 5.08. The Hall–Kier alpha value is -4.11. The Labute approximate surface area is 216 Å². The van der Waals surface area contributed by atoms with Gasteiger partial charge in [0, 0.05) is 6.20 Å². The number of rotatable bonds is 7. The Kier molecular flexibility index (Phi) is 6.96. The van der Waals surface area contributed by atoms with Gasteiger partial charge in [-0.2, -0.15) is 4.98 Å². The van der Waals surface area contributed by atoms with Crippen molar-refractivity contribution in [3.63, 3.8) is 0 Å². The van der Waals surface area contributed by atoms with Crippen molar-refractivity contribution in [3.8, 4) is 5.75 Å². The fraction of sp³-hybridized carbons (Fsp3) is 0.321. The number of H-pyrrole nitrogens is 1. The fourth-order valence-electron chi connectivity index (χ4n) is 4.95. The molecule has 1 aliphatic rings. The number of hydrogen-bond donors (Lipinski definition) is 3. The van der Waals surface area contributed by atoms with Crippen molar-refractivity contribution >= 4 is 40.1 Å². The molecule has 0 spiro atoms. The SMILES string of the molecule is COC(=O)c1ccccc1Nc1nc(Nc2cc(C)c(C3CCN(C)CC3)cc2OC)nc2cc[nH]c12. The number of nitrogens with one attached hydrogen (secondary N) is 3. The Bertz CT molecular complexity index is 1420. The maximum absolute atomic E-state index is 12.3. The molecule has 9 nitrogen and oxygen atoms in total. The van der Waals surface area contributed by atoms with Crippen LogP contribution in [0.1, 0.15) is 40.2 Å². The van der Waals surface area contributed by atoms with Gasteiger partial charge in [0.1, 0.15) is 11.3 Å². The summed E-state index contributed by atoms with van der Waals surface area (Å²) in [5.74, 6) is 1.80. The number of likely N-dealkylation sites (tertiary alicyclic amines) is 1. The number of anilines is 4. The van der Waals surface area contributed by atoms with Crippen LogP contribution in [-0.4, -0.2) is 60.2 Å². The lowest BCUT2D eigenvalue weighted by Crippen LogP contribution is -2.29. The van der Waals surface area contributed by atoms with Crippen LogP contribution >= 0.6 is 0 Å². The third-order valence-corrected chi connectivity index (χ3v) is 6.98. The van der Waals surface area contributed by atoms with Crippen LogP contribution in [0.25, 0.3) is 11.0 Å². The first kappa shape index (κ1) is 24.6. The van der Waals surface area contributed by atoms with Gasteiger partial charge in [-0.25, -0.2) is 9.78 Å². The molecule has 0 unspecified atom stereocenters. The molecule has 0 aliphatic carbocycles. The highest BCUT2D eigenvalue weighted by Gasteiger charge is 2.22. The number of piperidine rings is 1. The molecule has 1 fully saturated rings. The molecule has 5 rings (SSSR count). The maximum Gasteiger partial charge on any atom is 0.339 e. The topological polar surface area (TPSA) is 104 Å². The molecule has 4 aromatic rings. The first-order chi connectivity index (χ1) is 18.0. The molecule has 3 heterocycles. The van der Waals surface area contributed by atoms with E-state index in [4.69, 9.17) is 14.5 Å². The summed E-state index contributed by atoms with van der Waals surface area (Å²) in [5, 5.41) is 6.64. The molecule has 0 amide bonds. The van der Waals surface area contributed by atoms with Crippen molar-refractivity contribution in [2.24, 2.45) is 0 Å². The van der Waals surface area contributed by atoms with Crippen LogP contribution in [0.3, 0.4) is 0 Å². The van der Waals surface area contributed by atoms with Crippen LogP contribution < -0.4 is 15.4 Å². The van der Waals surface area contributed by atoms with Crippen LogP contribution in [0.5, 0.6) is 5.75 Å². The lowest BCUT2D eigenvalue weighted by Gasteiger charge is -2.30. The van der Waals surface area contributed by atoms with E-state index in [1.54, 1.807) is 19.2 Å². The van der Waals surface area contributed by atoms with Crippen LogP contribution in [-0.2, 0) is 4.74 Å². The summed E-state index contributed by atoms with van der Waals surface area (Å²) < 4.78 is 10.7. The molecule has 0 radical (unpaired) electrons. The second kappa shape index (κ2) is 10.5. The lowest BCUT2D eigenvalue weighted by atomic mass is 9.86. The standard InChI is InChI=1S/C28H32N6O3/c1-17-15-23(24(36-3)16-20(17)18-10-13-34(2)14-11-18)32-28-31-22-9-12-29-25(22)26(33-28)30-21-8-6-5-7-19(21)27(35)37-4/h5-9,12,15-16,18,29H,10-11,13-14H2,1-4H3,(H2,30,31,32,33). The second-order valence-corrected chi connectivity index (χ2v) is 9.41. The average molecular weight is 501 g/mol. The first-order valence-electron chi connectivity index (χ1n) is 12.4. The predicted molar refractivity (Wildman–Crippen MR) is 145 cm³/mol. The zero-order valence-electron chi connectivity index (χ0n) is 21.6. The van der Waals surface area contributed by atoms with E-state index in [1.165, 1.54) is 18.2 Å². The molecule has 192 valence electrons. The predicted octanol–water partition coefficient (Wildman–Crippen LogP) is 5.36. The van der Waals surface area contributed by atoms with E-state index < -0.39 is 5.97 Å². The molecular formula is C28H32N6O3. The molecule has 2 aromatic carbocycles. The van der Waals surface area contributed by atoms with E-state index in [1.807, 2.05) is 24.4 Å². The summed E-state index contributed by atoms with van der Waals surface area (Å²) in [6.45, 7) is 4.35. The zero-order valence-corrected chi connectivity index (χ0v) is 21.6. The number of aromatic amines is 1. The van der Waals surface area contributed by atoms with Gasteiger partial charge in [0.2, 0.25) is 5.95 Å². The minimum absolute atomic E-state index is 0.412. The molecule has 1 saturated heterocycles. The average Bonchev–Trinajstić information content (AvgIpc) is 3.38. The van der Waals surface area contributed by atoms with E-state index in [-0.39, 0.29) is 0 Å². The summed E-state index contributed by atoms with van der Waals surface area (Å²) >= 11 is 0. The van der Waals surface area contributed by atoms with Crippen molar-refractivity contribution in [3.05, 3.63) is 65.4 Å². The van der Waals surface area contributed by atoms with Crippen LogP contribution in [0.15, 0.2) is 48.7 Å². The number of ether oxygens (including phenoxy) is 2. The molecule has 0 saturated carbocycles. The highest BCUT2D eigenvalue weighted by Crippen LogP contribution is 2.37.